The van der Waals surface area contributed by atoms with Crippen LogP contribution in [0.4, 0.5) is 19.2 Å². The molecule has 4 aromatic heterocycles. The number of aryl methyl sites for hydroxylation is 1. The average Bonchev–Trinajstić information content (AvgIpc) is 1.12. The van der Waals surface area contributed by atoms with Crippen LogP contribution in [0, 0.1) is 24.2 Å². The number of halogens is 2. The largest absolute Gasteiger partial charge is 1.00 e. The van der Waals surface area contributed by atoms with Crippen molar-refractivity contribution in [2.45, 2.75) is 156 Å². The van der Waals surface area contributed by atoms with Gasteiger partial charge in [0.2, 0.25) is 0 Å². The Morgan fingerprint density at radius 3 is 1.33 bits per heavy atom. The first-order valence-electron chi connectivity index (χ1n) is 41.0. The first kappa shape index (κ1) is 80.4. The van der Waals surface area contributed by atoms with E-state index in [0.29, 0.717) is 64.9 Å². The summed E-state index contributed by atoms with van der Waals surface area (Å²) in [5.74, 6) is 9.84. The zero-order valence-corrected chi connectivity index (χ0v) is 61.7. The molecule has 0 atom stereocenters. The Hall–Kier alpha value is -7.24. The molecule has 1 saturated heterocycles. The SMILES string of the molecule is C.C.C.C#CCNC(=O)OC(C)(C)C.CC(C)(C)OC(=O)NCC#Cc1ncccc1OCCO.CC(C)(C)OC(=O)NCCCc1ncccc1OCCO.CC[N+](C)(CC)CC.CC[N+](C)(CC)CC.O=C1OCCO1.OCCOc1cccnc1Br.Oc1cccnc1Br.[3H-].[3HH].[3H][3H].[3H][3H].[3H][3H].[3H][3H].[3H][3H].[3H][3H].[3H][3H].[3H][3H].[3H][3H].[3H][3H]. The molecule has 0 aliphatic carbocycles. The van der Waals surface area contributed by atoms with Crippen LogP contribution in [0.25, 0.3) is 0 Å². The van der Waals surface area contributed by atoms with Crippen LogP contribution in [-0.4, -0.2) is 216 Å². The number of aliphatic hydroxyl groups is 3. The fourth-order valence-corrected chi connectivity index (χ4v) is 6.67. The lowest BCUT2D eigenvalue weighted by Crippen LogP contribution is -2.42. The monoisotopic (exact) mass is 1570 g/mol. The Morgan fingerprint density at radius 2 is 0.969 bits per heavy atom. The maximum atomic E-state index is 11.5. The van der Waals surface area contributed by atoms with Crippen molar-refractivity contribution in [3.8, 4) is 47.2 Å². The van der Waals surface area contributed by atoms with Crippen molar-refractivity contribution in [2.75, 3.05) is 126 Å². The van der Waals surface area contributed by atoms with Crippen LogP contribution < -0.4 is 30.2 Å². The second-order valence-electron chi connectivity index (χ2n) is 23.0. The first-order valence-corrected chi connectivity index (χ1v) is 32.6. The number of nitrogens with zero attached hydrogens (tertiary/aromatic N) is 6. The van der Waals surface area contributed by atoms with Gasteiger partial charge in [-0.3, -0.25) is 4.98 Å². The van der Waals surface area contributed by atoms with Gasteiger partial charge < -0.3 is 84.7 Å². The third-order valence-electron chi connectivity index (χ3n) is 12.2. The minimum absolute atomic E-state index is 0. The van der Waals surface area contributed by atoms with E-state index in [1.54, 1.807) is 109 Å². The number of nitrogens with one attached hydrogen (secondary N) is 3. The van der Waals surface area contributed by atoms with Gasteiger partial charge in [0.25, 0.3) is 0 Å². The summed E-state index contributed by atoms with van der Waals surface area (Å²) < 4.78 is 143. The number of amides is 3. The van der Waals surface area contributed by atoms with Crippen LogP contribution in [0.3, 0.4) is 0 Å². The summed E-state index contributed by atoms with van der Waals surface area (Å²) in [6.45, 7) is 39.5. The van der Waals surface area contributed by atoms with Gasteiger partial charge in [-0.1, -0.05) is 34.1 Å². The number of ether oxygens (including phenoxy) is 8. The number of hydrogen-bond donors (Lipinski definition) is 7. The van der Waals surface area contributed by atoms with Gasteiger partial charge in [-0.25, -0.2) is 34.1 Å². The fourth-order valence-electron chi connectivity index (χ4n) is 6.06. The molecule has 578 valence electrons. The van der Waals surface area contributed by atoms with Gasteiger partial charge >= 0.3 is 24.4 Å². The van der Waals surface area contributed by atoms with E-state index in [9.17, 15) is 19.2 Å². The van der Waals surface area contributed by atoms with Gasteiger partial charge in [0, 0.05) is 62.5 Å². The third kappa shape index (κ3) is 58.6. The number of cyclic esters (lactones) is 2. The van der Waals surface area contributed by atoms with E-state index in [0.717, 1.165) is 12.1 Å². The summed E-state index contributed by atoms with van der Waals surface area (Å²) in [7, 11) is 4.58. The van der Waals surface area contributed by atoms with Crippen LogP contribution in [0.5, 0.6) is 23.0 Å². The van der Waals surface area contributed by atoms with Crippen molar-refractivity contribution in [1.29, 1.82) is 0 Å². The van der Waals surface area contributed by atoms with E-state index in [1.807, 2.05) is 26.8 Å². The Morgan fingerprint density at radius 1 is 0.598 bits per heavy atom. The molecule has 1 aliphatic rings. The number of carbonyl (C=O) groups is 4. The predicted octanol–water partition coefficient (Wildman–Crippen LogP) is 15.0. The van der Waals surface area contributed by atoms with Gasteiger partial charge in [-0.05, 0) is 203 Å². The number of carbonyl (C=O) groups excluding carboxylic acids is 4. The number of aromatic hydroxyl groups is 1. The minimum Gasteiger partial charge on any atom is -1.00 e. The molecule has 4 aromatic rings. The molecule has 0 aromatic carbocycles. The van der Waals surface area contributed by atoms with Crippen molar-refractivity contribution in [3.05, 3.63) is 93.9 Å². The number of terminal acetylenes is 1. The summed E-state index contributed by atoms with van der Waals surface area (Å²) in [4.78, 5) is 59.5. The quantitative estimate of drug-likeness (QED) is 0.0102. The third-order valence-corrected chi connectivity index (χ3v) is 13.4. The highest BCUT2D eigenvalue weighted by Crippen LogP contribution is 2.21. The van der Waals surface area contributed by atoms with E-state index >= 15 is 0 Å². The van der Waals surface area contributed by atoms with E-state index in [2.05, 4.69) is 151 Å². The fraction of sp³-hybridized carbons (Fsp3) is 0.600. The highest BCUT2D eigenvalue weighted by Gasteiger charge is 2.18. The molecule has 0 bridgehead atoms. The number of aromatic nitrogens is 4. The normalized spacial score (nSPS) is 11.6. The lowest BCUT2D eigenvalue weighted by molar-refractivity contribution is -0.904. The van der Waals surface area contributed by atoms with Crippen LogP contribution in [0.2, 0.25) is 0 Å². The van der Waals surface area contributed by atoms with Crippen LogP contribution in [0.15, 0.2) is 82.5 Å². The van der Waals surface area contributed by atoms with Gasteiger partial charge in [0.1, 0.15) is 70.5 Å². The average molecular weight is 1570 g/mol. The van der Waals surface area contributed by atoms with Crippen LogP contribution in [-0.2, 0) is 30.1 Å². The second kappa shape index (κ2) is 58.9. The molecule has 0 radical (unpaired) electrons. The van der Waals surface area contributed by atoms with E-state index in [-0.39, 0.29) is 77.0 Å². The lowest BCUT2D eigenvalue weighted by Gasteiger charge is -2.30. The highest BCUT2D eigenvalue weighted by molar-refractivity contribution is 9.10. The predicted molar refractivity (Wildman–Crippen MR) is 416 cm³/mol. The molecule has 97 heavy (non-hydrogen) atoms. The summed E-state index contributed by atoms with van der Waals surface area (Å²) in [6.07, 6.45) is 10.9. The number of pyridine rings is 4. The Labute approximate surface area is 632 Å². The topological polar surface area (TPSA) is 311 Å². The summed E-state index contributed by atoms with van der Waals surface area (Å²) >= 11 is 6.24. The van der Waals surface area contributed by atoms with E-state index in [1.165, 1.54) is 48.2 Å². The zero-order chi connectivity index (χ0) is 92.1. The summed E-state index contributed by atoms with van der Waals surface area (Å²) in [6, 6.07) is 13.8. The molecule has 7 N–H and O–H groups in total. The van der Waals surface area contributed by atoms with E-state index < -0.39 is 41.2 Å². The van der Waals surface area contributed by atoms with Crippen molar-refractivity contribution >= 4 is 56.3 Å². The van der Waals surface area contributed by atoms with Gasteiger partial charge in [-0.2, -0.15) is 0 Å². The standard InChI is InChI=1S/C15H24N2O4.C15H20N2O4.C8H13NO2.C7H8BrNO2.2C7H18N.C5H4BrNO.C3H4O3.3CH4.11H2.H/c2*1-15(2,3)21-14(19)17-9-4-6-12-13(20-11-10-18)7-5-8-16-12;1-5-6-9-7(10)11-8(2,3)4;8-7-6(11-5-4-10)2-1-3-9-7;2*1-5-8(4,6-2)7-3;6-5-4(8)2-1-3-7-5;4-3-5-1-2-6-3;;;;;;;;;;;;;;;/h5,7-8,18H,4,6,9-11H2,1-3H3,(H,17,19);5,7-8,18H,9-11H2,1-3H3,(H,17,19);1H,6H2,2-4H3,(H,9,10);1-3,10H,4-5H2;2*5-7H2,1-4H3;1-3,8H;1-2H2;3*1H4;11*1H;/q;;;;2*+1;;;;;;;;;;;;;;;;;-1/i;;;;;;;;;;;10*1+2T;2*1+2. The smallest absolute Gasteiger partial charge is 0.508 e. The summed E-state index contributed by atoms with van der Waals surface area (Å²) in [5, 5.41) is 42.4. The molecular weight excluding hydrogens is 1380 g/mol. The molecule has 5 rings (SSSR count). The van der Waals surface area contributed by atoms with Crippen molar-refractivity contribution in [2.24, 2.45) is 0 Å². The van der Waals surface area contributed by atoms with Crippen LogP contribution >= 0.6 is 31.9 Å². The van der Waals surface area contributed by atoms with Gasteiger partial charge in [0.05, 0.1) is 92.0 Å². The molecule has 25 nitrogen and oxygen atoms in total. The van der Waals surface area contributed by atoms with E-state index in [4.69, 9.17) is 85.0 Å². The maximum Gasteiger partial charge on any atom is 0.508 e. The van der Waals surface area contributed by atoms with Crippen LogP contribution in [0.1, 0.15) is 176 Å². The molecule has 0 spiro atoms. The first-order chi connectivity index (χ1) is 54.2. The summed E-state index contributed by atoms with van der Waals surface area (Å²) in [5.41, 5.74) is -0.215. The number of rotatable bonds is 21. The molecule has 3 amide bonds. The van der Waals surface area contributed by atoms with Gasteiger partial charge in [-0.15, -0.1) is 6.42 Å². The zero-order valence-electron chi connectivity index (χ0n) is 79.6. The van der Waals surface area contributed by atoms with Crippen molar-refractivity contribution in [1.82, 2.24) is 35.9 Å². The molecular formula is C70H144Br2N9O16+. The highest BCUT2D eigenvalue weighted by atomic mass is 79.9. The number of hydrogen-bond acceptors (Lipinski definition) is 20. The number of alkyl carbamates (subject to hydrolysis) is 3. The molecule has 1 fully saturated rings. The number of aliphatic hydroxyl groups excluding tert-OH is 3. The Kier molecular flexibility index (Phi) is 48.8. The minimum atomic E-state index is -0.546. The maximum absolute atomic E-state index is 11.5. The Balaban J connectivity index is -0.0000000606. The lowest BCUT2D eigenvalue weighted by atomic mass is 10.2. The Bertz CT molecular complexity index is 2800. The molecule has 1 aliphatic heterocycles. The number of quaternary nitrogens is 2. The molecule has 0 saturated carbocycles. The second-order valence-corrected chi connectivity index (χ2v) is 24.5. The molecule has 27 heteroatoms. The van der Waals surface area contributed by atoms with Gasteiger partial charge in [0.15, 0.2) is 17.2 Å². The molecule has 0 unspecified atom stereocenters. The molecule has 5 heterocycles. The van der Waals surface area contributed by atoms with Crippen molar-refractivity contribution < 1.29 is 119 Å². The van der Waals surface area contributed by atoms with Crippen molar-refractivity contribution in [3.63, 3.8) is 0 Å².